The van der Waals surface area contributed by atoms with Crippen molar-refractivity contribution in [3.05, 3.63) is 35.9 Å². The lowest BCUT2D eigenvalue weighted by Gasteiger charge is -2.33. The normalized spacial score (nSPS) is 21.0. The van der Waals surface area contributed by atoms with Gasteiger partial charge < -0.3 is 15.0 Å². The van der Waals surface area contributed by atoms with Crippen LogP contribution in [0.2, 0.25) is 0 Å². The van der Waals surface area contributed by atoms with Crippen molar-refractivity contribution in [2.75, 3.05) is 44.2 Å². The number of hydrogen-bond acceptors (Lipinski definition) is 4. The number of nitrogens with zero attached hydrogens (tertiary/aromatic N) is 2. The van der Waals surface area contributed by atoms with Gasteiger partial charge in [-0.05, 0) is 36.1 Å². The number of hydrogen-bond donors (Lipinski definition) is 1. The SMILES string of the molecule is CC(C)CN1CCOC(CNC(=O)/C=C/c2ccc(N3CCCC3=O)cc2)C1. The van der Waals surface area contributed by atoms with Crippen molar-refractivity contribution in [3.8, 4) is 0 Å². The summed E-state index contributed by atoms with van der Waals surface area (Å²) in [5.41, 5.74) is 1.85. The maximum absolute atomic E-state index is 12.1. The fraction of sp³-hybridized carbons (Fsp3) is 0.545. The van der Waals surface area contributed by atoms with Crippen LogP contribution in [0, 0.1) is 5.92 Å². The molecule has 0 saturated carbocycles. The van der Waals surface area contributed by atoms with E-state index in [1.165, 1.54) is 0 Å². The zero-order valence-electron chi connectivity index (χ0n) is 16.9. The van der Waals surface area contributed by atoms with Crippen LogP contribution < -0.4 is 10.2 Å². The van der Waals surface area contributed by atoms with Gasteiger partial charge in [-0.15, -0.1) is 0 Å². The van der Waals surface area contributed by atoms with Gasteiger partial charge in [-0.1, -0.05) is 26.0 Å². The Balaban J connectivity index is 1.44. The summed E-state index contributed by atoms with van der Waals surface area (Å²) >= 11 is 0. The molecule has 2 aliphatic rings. The average Bonchev–Trinajstić information content (AvgIpc) is 3.11. The molecule has 1 N–H and O–H groups in total. The number of nitrogens with one attached hydrogen (secondary N) is 1. The number of ether oxygens (including phenoxy) is 1. The standard InChI is InChI=1S/C22H31N3O3/c1-17(2)15-24-12-13-28-20(16-24)14-23-21(26)10-7-18-5-8-19(9-6-18)25-11-3-4-22(25)27/h5-10,17,20H,3-4,11-16H2,1-2H3,(H,23,26)/b10-7+. The van der Waals surface area contributed by atoms with E-state index in [0.717, 1.165) is 50.5 Å². The summed E-state index contributed by atoms with van der Waals surface area (Å²) in [5.74, 6) is 0.689. The molecule has 2 heterocycles. The third-order valence-corrected chi connectivity index (χ3v) is 5.06. The van der Waals surface area contributed by atoms with Gasteiger partial charge >= 0.3 is 0 Å². The zero-order chi connectivity index (χ0) is 19.9. The Bertz CT molecular complexity index is 699. The summed E-state index contributed by atoms with van der Waals surface area (Å²) in [6.45, 7) is 9.34. The first-order valence-electron chi connectivity index (χ1n) is 10.2. The van der Waals surface area contributed by atoms with E-state index < -0.39 is 0 Å². The van der Waals surface area contributed by atoms with E-state index in [1.54, 1.807) is 12.2 Å². The average molecular weight is 386 g/mol. The minimum absolute atomic E-state index is 0.0436. The van der Waals surface area contributed by atoms with Gasteiger partial charge in [0.05, 0.1) is 12.7 Å². The topological polar surface area (TPSA) is 61.9 Å². The predicted molar refractivity (Wildman–Crippen MR) is 111 cm³/mol. The molecule has 2 amide bonds. The van der Waals surface area contributed by atoms with Crippen LogP contribution in [0.5, 0.6) is 0 Å². The molecule has 152 valence electrons. The van der Waals surface area contributed by atoms with E-state index in [0.29, 0.717) is 18.9 Å². The molecule has 1 aromatic rings. The summed E-state index contributed by atoms with van der Waals surface area (Å²) in [6.07, 6.45) is 4.92. The molecule has 2 aliphatic heterocycles. The van der Waals surface area contributed by atoms with Crippen molar-refractivity contribution in [3.63, 3.8) is 0 Å². The molecule has 28 heavy (non-hydrogen) atoms. The van der Waals surface area contributed by atoms with Crippen LogP contribution in [0.4, 0.5) is 5.69 Å². The molecule has 0 spiro atoms. The Morgan fingerprint density at radius 1 is 1.29 bits per heavy atom. The lowest BCUT2D eigenvalue weighted by atomic mass is 10.1. The second-order valence-corrected chi connectivity index (χ2v) is 7.97. The highest BCUT2D eigenvalue weighted by Crippen LogP contribution is 2.21. The minimum atomic E-state index is -0.122. The fourth-order valence-corrected chi connectivity index (χ4v) is 3.72. The van der Waals surface area contributed by atoms with E-state index in [4.69, 9.17) is 4.74 Å². The van der Waals surface area contributed by atoms with Gasteiger partial charge in [0.15, 0.2) is 0 Å². The quantitative estimate of drug-likeness (QED) is 0.732. The summed E-state index contributed by atoms with van der Waals surface area (Å²) < 4.78 is 5.76. The molecule has 0 radical (unpaired) electrons. The molecular formula is C22H31N3O3. The van der Waals surface area contributed by atoms with Gasteiger partial charge in [-0.2, -0.15) is 0 Å². The molecule has 0 bridgehead atoms. The second-order valence-electron chi connectivity index (χ2n) is 7.97. The third kappa shape index (κ3) is 5.91. The molecular weight excluding hydrogens is 354 g/mol. The molecule has 6 nitrogen and oxygen atoms in total. The highest BCUT2D eigenvalue weighted by molar-refractivity contribution is 5.95. The lowest BCUT2D eigenvalue weighted by Crippen LogP contribution is -2.48. The van der Waals surface area contributed by atoms with E-state index in [2.05, 4.69) is 24.1 Å². The maximum atomic E-state index is 12.1. The van der Waals surface area contributed by atoms with Crippen molar-refractivity contribution < 1.29 is 14.3 Å². The number of morpholine rings is 1. The van der Waals surface area contributed by atoms with Crippen LogP contribution in [-0.2, 0) is 14.3 Å². The number of rotatable bonds is 7. The van der Waals surface area contributed by atoms with Gasteiger partial charge in [0.2, 0.25) is 11.8 Å². The number of amides is 2. The van der Waals surface area contributed by atoms with Crippen LogP contribution in [0.1, 0.15) is 32.3 Å². The third-order valence-electron chi connectivity index (χ3n) is 5.06. The Kier molecular flexibility index (Phi) is 7.23. The molecule has 6 heteroatoms. The van der Waals surface area contributed by atoms with Crippen molar-refractivity contribution in [1.29, 1.82) is 0 Å². The summed E-state index contributed by atoms with van der Waals surface area (Å²) in [4.78, 5) is 28.1. The largest absolute Gasteiger partial charge is 0.374 e. The summed E-state index contributed by atoms with van der Waals surface area (Å²) in [5, 5.41) is 2.93. The Morgan fingerprint density at radius 2 is 2.07 bits per heavy atom. The van der Waals surface area contributed by atoms with Crippen LogP contribution in [0.15, 0.2) is 30.3 Å². The first kappa shape index (κ1) is 20.6. The maximum Gasteiger partial charge on any atom is 0.244 e. The number of anilines is 1. The van der Waals surface area contributed by atoms with Crippen LogP contribution in [0.3, 0.4) is 0 Å². The van der Waals surface area contributed by atoms with Crippen molar-refractivity contribution in [2.24, 2.45) is 5.92 Å². The monoisotopic (exact) mass is 385 g/mol. The highest BCUT2D eigenvalue weighted by Gasteiger charge is 2.22. The molecule has 1 atom stereocenters. The van der Waals surface area contributed by atoms with E-state index in [1.807, 2.05) is 29.2 Å². The Labute approximate surface area is 167 Å². The van der Waals surface area contributed by atoms with E-state index in [9.17, 15) is 9.59 Å². The van der Waals surface area contributed by atoms with Crippen molar-refractivity contribution >= 4 is 23.6 Å². The van der Waals surface area contributed by atoms with Crippen LogP contribution in [0.25, 0.3) is 6.08 Å². The number of carbonyl (C=O) groups excluding carboxylic acids is 2. The summed E-state index contributed by atoms with van der Waals surface area (Å²) in [6, 6.07) is 7.72. The Hall–Kier alpha value is -2.18. The number of benzene rings is 1. The van der Waals surface area contributed by atoms with Crippen molar-refractivity contribution in [2.45, 2.75) is 32.8 Å². The molecule has 2 fully saturated rings. The minimum Gasteiger partial charge on any atom is -0.374 e. The van der Waals surface area contributed by atoms with Gasteiger partial charge in [0.1, 0.15) is 0 Å². The first-order valence-corrected chi connectivity index (χ1v) is 10.2. The molecule has 0 aromatic heterocycles. The zero-order valence-corrected chi connectivity index (χ0v) is 16.9. The van der Waals surface area contributed by atoms with Crippen molar-refractivity contribution in [1.82, 2.24) is 10.2 Å². The molecule has 0 aliphatic carbocycles. The summed E-state index contributed by atoms with van der Waals surface area (Å²) in [7, 11) is 0. The van der Waals surface area contributed by atoms with E-state index >= 15 is 0 Å². The van der Waals surface area contributed by atoms with Crippen LogP contribution in [-0.4, -0.2) is 62.1 Å². The first-order chi connectivity index (χ1) is 13.5. The lowest BCUT2D eigenvalue weighted by molar-refractivity contribution is -0.118. The molecule has 1 unspecified atom stereocenters. The van der Waals surface area contributed by atoms with E-state index in [-0.39, 0.29) is 17.9 Å². The fourth-order valence-electron chi connectivity index (χ4n) is 3.72. The van der Waals surface area contributed by atoms with Gasteiger partial charge in [-0.3, -0.25) is 14.5 Å². The highest BCUT2D eigenvalue weighted by atomic mass is 16.5. The van der Waals surface area contributed by atoms with Gasteiger partial charge in [0.25, 0.3) is 0 Å². The molecule has 3 rings (SSSR count). The Morgan fingerprint density at radius 3 is 2.75 bits per heavy atom. The van der Waals surface area contributed by atoms with Crippen LogP contribution >= 0.6 is 0 Å². The second kappa shape index (κ2) is 9.85. The number of carbonyl (C=O) groups is 2. The van der Waals surface area contributed by atoms with Gasteiger partial charge in [0, 0.05) is 50.9 Å². The molecule has 2 saturated heterocycles. The van der Waals surface area contributed by atoms with Gasteiger partial charge in [-0.25, -0.2) is 0 Å². The molecule has 1 aromatic carbocycles. The smallest absolute Gasteiger partial charge is 0.244 e. The predicted octanol–water partition coefficient (Wildman–Crippen LogP) is 2.30.